The summed E-state index contributed by atoms with van der Waals surface area (Å²) in [5, 5.41) is 10.0. The van der Waals surface area contributed by atoms with Gasteiger partial charge in [0.05, 0.1) is 33.0 Å². The second-order valence-electron chi connectivity index (χ2n) is 9.53. The van der Waals surface area contributed by atoms with Gasteiger partial charge in [-0.05, 0) is 89.9 Å². The number of nitrogens with zero attached hydrogens (tertiary/aromatic N) is 1. The number of β-amino-alcohol motifs (C(OH)–C–C–N with tert-alkyl or cyclic N) is 1. The summed E-state index contributed by atoms with van der Waals surface area (Å²) >= 11 is 0. The fourth-order valence-electron chi connectivity index (χ4n) is 5.58. The standard InChI is InChI=1S/C29H30F3NO4/c1-35-20-11-17(12-21(14-20)36-2)24-15-26(28(37-3)23-6-4-5-22(23)24)25-13-18(33-10-9-19(34)16-33)7-8-27(25)29(30,31)32/h7-8,11-15,19,34H,4-6,9-10,16H2,1-3H3. The first-order chi connectivity index (χ1) is 17.7. The van der Waals surface area contributed by atoms with Crippen molar-refractivity contribution in [3.05, 3.63) is 59.2 Å². The van der Waals surface area contributed by atoms with Gasteiger partial charge in [0, 0.05) is 30.4 Å². The number of alkyl halides is 3. The van der Waals surface area contributed by atoms with E-state index in [0.29, 0.717) is 48.0 Å². The molecule has 0 bridgehead atoms. The summed E-state index contributed by atoms with van der Waals surface area (Å²) in [4.78, 5) is 1.92. The van der Waals surface area contributed by atoms with Crippen LogP contribution in [0, 0.1) is 0 Å². The van der Waals surface area contributed by atoms with Crippen molar-refractivity contribution >= 4 is 5.69 Å². The number of aliphatic hydroxyl groups excluding tert-OH is 1. The van der Waals surface area contributed by atoms with E-state index in [-0.39, 0.29) is 5.56 Å². The molecule has 1 N–H and O–H groups in total. The van der Waals surface area contributed by atoms with Crippen molar-refractivity contribution in [2.75, 3.05) is 39.3 Å². The highest BCUT2D eigenvalue weighted by Gasteiger charge is 2.36. The highest BCUT2D eigenvalue weighted by molar-refractivity contribution is 5.86. The Bertz CT molecular complexity index is 1300. The Balaban J connectivity index is 1.77. The normalized spacial score (nSPS) is 17.2. The van der Waals surface area contributed by atoms with E-state index in [2.05, 4.69) is 0 Å². The van der Waals surface area contributed by atoms with Crippen LogP contribution in [0.3, 0.4) is 0 Å². The molecular weight excluding hydrogens is 483 g/mol. The molecule has 1 heterocycles. The van der Waals surface area contributed by atoms with E-state index < -0.39 is 17.8 Å². The molecule has 37 heavy (non-hydrogen) atoms. The molecule has 0 radical (unpaired) electrons. The lowest BCUT2D eigenvalue weighted by atomic mass is 9.88. The smallest absolute Gasteiger partial charge is 0.417 e. The fourth-order valence-corrected chi connectivity index (χ4v) is 5.58. The van der Waals surface area contributed by atoms with E-state index in [1.807, 2.05) is 23.1 Å². The first kappa shape index (κ1) is 25.3. The lowest BCUT2D eigenvalue weighted by molar-refractivity contribution is -0.137. The fraction of sp³-hybridized carbons (Fsp3) is 0.379. The topological polar surface area (TPSA) is 51.2 Å². The second kappa shape index (κ2) is 9.82. The Morgan fingerprint density at radius 3 is 2.14 bits per heavy atom. The van der Waals surface area contributed by atoms with Crippen LogP contribution < -0.4 is 19.1 Å². The molecular formula is C29H30F3NO4. The van der Waals surface area contributed by atoms with Gasteiger partial charge in [0.15, 0.2) is 0 Å². The molecule has 3 aromatic rings. The minimum absolute atomic E-state index is 0.0639. The number of hydrogen-bond acceptors (Lipinski definition) is 5. The maximum atomic E-state index is 14.3. The molecule has 0 amide bonds. The number of benzene rings is 3. The molecule has 5 nitrogen and oxygen atoms in total. The Hall–Kier alpha value is -3.39. The van der Waals surface area contributed by atoms with Crippen LogP contribution >= 0.6 is 0 Å². The van der Waals surface area contributed by atoms with Crippen molar-refractivity contribution in [3.8, 4) is 39.5 Å². The third-order valence-corrected chi connectivity index (χ3v) is 7.34. The summed E-state index contributed by atoms with van der Waals surface area (Å²) in [6.45, 7) is 0.975. The number of anilines is 1. The molecule has 1 atom stereocenters. The Kier molecular flexibility index (Phi) is 6.70. The van der Waals surface area contributed by atoms with E-state index in [9.17, 15) is 18.3 Å². The second-order valence-corrected chi connectivity index (χ2v) is 9.53. The molecule has 0 saturated carbocycles. The van der Waals surface area contributed by atoms with Crippen molar-refractivity contribution in [2.45, 2.75) is 38.0 Å². The van der Waals surface area contributed by atoms with E-state index in [1.54, 1.807) is 26.4 Å². The average molecular weight is 514 g/mol. The van der Waals surface area contributed by atoms with Crippen molar-refractivity contribution in [1.29, 1.82) is 0 Å². The highest BCUT2D eigenvalue weighted by Crippen LogP contribution is 2.49. The molecule has 196 valence electrons. The van der Waals surface area contributed by atoms with Crippen molar-refractivity contribution in [2.24, 2.45) is 0 Å². The van der Waals surface area contributed by atoms with E-state index in [0.717, 1.165) is 47.6 Å². The van der Waals surface area contributed by atoms with Crippen molar-refractivity contribution in [3.63, 3.8) is 0 Å². The van der Waals surface area contributed by atoms with Crippen LogP contribution in [-0.4, -0.2) is 45.6 Å². The van der Waals surface area contributed by atoms with Gasteiger partial charge in [0.2, 0.25) is 0 Å². The molecule has 1 unspecified atom stereocenters. The van der Waals surface area contributed by atoms with Crippen LogP contribution in [0.2, 0.25) is 0 Å². The average Bonchev–Trinajstić information content (AvgIpc) is 3.56. The molecule has 3 aromatic carbocycles. The zero-order valence-corrected chi connectivity index (χ0v) is 21.1. The summed E-state index contributed by atoms with van der Waals surface area (Å²) in [6.07, 6.45) is -2.04. The SMILES string of the molecule is COc1cc(OC)cc(-c2cc(-c3cc(N4CCC(O)C4)ccc3C(F)(F)F)c(OC)c3c2CCC3)c1. The van der Waals surface area contributed by atoms with Crippen LogP contribution in [0.15, 0.2) is 42.5 Å². The third kappa shape index (κ3) is 4.70. The van der Waals surface area contributed by atoms with Crippen LogP contribution in [0.5, 0.6) is 17.2 Å². The van der Waals surface area contributed by atoms with Crippen LogP contribution in [0.4, 0.5) is 18.9 Å². The largest absolute Gasteiger partial charge is 0.497 e. The van der Waals surface area contributed by atoms with Gasteiger partial charge < -0.3 is 24.2 Å². The zero-order valence-electron chi connectivity index (χ0n) is 21.1. The minimum Gasteiger partial charge on any atom is -0.497 e. The predicted octanol–water partition coefficient (Wildman–Crippen LogP) is 6.12. The number of rotatable bonds is 6. The third-order valence-electron chi connectivity index (χ3n) is 7.34. The quantitative estimate of drug-likeness (QED) is 0.430. The molecule has 1 fully saturated rings. The summed E-state index contributed by atoms with van der Waals surface area (Å²) in [6, 6.07) is 11.5. The molecule has 5 rings (SSSR count). The van der Waals surface area contributed by atoms with Crippen LogP contribution in [0.1, 0.15) is 29.5 Å². The maximum Gasteiger partial charge on any atom is 0.417 e. The van der Waals surface area contributed by atoms with Gasteiger partial charge in [-0.3, -0.25) is 0 Å². The lowest BCUT2D eigenvalue weighted by Crippen LogP contribution is -2.21. The number of hydrogen-bond donors (Lipinski definition) is 1. The Morgan fingerprint density at radius 1 is 0.838 bits per heavy atom. The zero-order chi connectivity index (χ0) is 26.3. The van der Waals surface area contributed by atoms with Crippen molar-refractivity contribution in [1.82, 2.24) is 0 Å². The number of aliphatic hydroxyl groups is 1. The molecule has 0 spiro atoms. The number of fused-ring (bicyclic) bond motifs is 1. The molecule has 1 aliphatic carbocycles. The van der Waals surface area contributed by atoms with E-state index in [1.165, 1.54) is 13.2 Å². The van der Waals surface area contributed by atoms with E-state index in [4.69, 9.17) is 14.2 Å². The molecule has 1 aliphatic heterocycles. The van der Waals surface area contributed by atoms with Gasteiger partial charge >= 0.3 is 6.18 Å². The van der Waals surface area contributed by atoms with Gasteiger partial charge in [-0.25, -0.2) is 0 Å². The predicted molar refractivity (Wildman–Crippen MR) is 137 cm³/mol. The Labute approximate surface area is 214 Å². The highest BCUT2D eigenvalue weighted by atomic mass is 19.4. The summed E-state index contributed by atoms with van der Waals surface area (Å²) in [5.74, 6) is 1.68. The number of halogens is 3. The van der Waals surface area contributed by atoms with Crippen LogP contribution in [0.25, 0.3) is 22.3 Å². The Morgan fingerprint density at radius 2 is 1.54 bits per heavy atom. The summed E-state index contributed by atoms with van der Waals surface area (Å²) in [7, 11) is 4.65. The van der Waals surface area contributed by atoms with Crippen molar-refractivity contribution < 1.29 is 32.5 Å². The van der Waals surface area contributed by atoms with Gasteiger partial charge in [0.1, 0.15) is 17.2 Å². The summed E-state index contributed by atoms with van der Waals surface area (Å²) in [5.41, 5.74) is 4.05. The molecule has 1 saturated heterocycles. The number of ether oxygens (including phenoxy) is 3. The van der Waals surface area contributed by atoms with Gasteiger partial charge in [-0.15, -0.1) is 0 Å². The summed E-state index contributed by atoms with van der Waals surface area (Å²) < 4.78 is 59.7. The molecule has 2 aliphatic rings. The molecule has 0 aromatic heterocycles. The first-order valence-corrected chi connectivity index (χ1v) is 12.3. The van der Waals surface area contributed by atoms with Gasteiger partial charge in [-0.2, -0.15) is 13.2 Å². The lowest BCUT2D eigenvalue weighted by Gasteiger charge is -2.24. The first-order valence-electron chi connectivity index (χ1n) is 12.3. The van der Waals surface area contributed by atoms with Crippen LogP contribution in [-0.2, 0) is 19.0 Å². The van der Waals surface area contributed by atoms with E-state index >= 15 is 0 Å². The van der Waals surface area contributed by atoms with Gasteiger partial charge in [-0.1, -0.05) is 0 Å². The number of methoxy groups -OCH3 is 3. The molecule has 8 heteroatoms. The maximum absolute atomic E-state index is 14.3. The van der Waals surface area contributed by atoms with Gasteiger partial charge in [0.25, 0.3) is 0 Å². The monoisotopic (exact) mass is 513 g/mol. The minimum atomic E-state index is -4.55.